The summed E-state index contributed by atoms with van der Waals surface area (Å²) in [6, 6.07) is 10.6. The molecule has 0 bridgehead atoms. The molecule has 1 aliphatic rings. The number of rotatable bonds is 4. The molecule has 6 nitrogen and oxygen atoms in total. The number of halogens is 1. The second-order valence-corrected chi connectivity index (χ2v) is 8.66. The second kappa shape index (κ2) is 7.11. The van der Waals surface area contributed by atoms with Crippen molar-refractivity contribution in [3.8, 4) is 0 Å². The molecule has 1 saturated heterocycles. The van der Waals surface area contributed by atoms with E-state index in [1.807, 2.05) is 31.2 Å². The van der Waals surface area contributed by atoms with Crippen LogP contribution in [-0.4, -0.2) is 33.0 Å². The summed E-state index contributed by atoms with van der Waals surface area (Å²) < 4.78 is 37.2. The average molecular weight is 390 g/mol. The van der Waals surface area contributed by atoms with Gasteiger partial charge in [0.05, 0.1) is 16.5 Å². The minimum absolute atomic E-state index is 0.00704. The maximum absolute atomic E-state index is 14.0. The van der Waals surface area contributed by atoms with E-state index in [-0.39, 0.29) is 29.5 Å². The fraction of sp³-hybridized carbons (Fsp3) is 0.263. The highest BCUT2D eigenvalue weighted by molar-refractivity contribution is 7.90. The lowest BCUT2D eigenvalue weighted by Gasteiger charge is -2.17. The quantitative estimate of drug-likeness (QED) is 0.813. The van der Waals surface area contributed by atoms with Crippen LogP contribution in [0.1, 0.15) is 12.0 Å². The Morgan fingerprint density at radius 2 is 1.85 bits per heavy atom. The molecule has 142 valence electrons. The number of sulfone groups is 1. The van der Waals surface area contributed by atoms with Crippen LogP contribution in [0.5, 0.6) is 0 Å². The van der Waals surface area contributed by atoms with Gasteiger partial charge >= 0.3 is 0 Å². The number of anilines is 2. The van der Waals surface area contributed by atoms with E-state index in [2.05, 4.69) is 5.32 Å². The zero-order chi connectivity index (χ0) is 19.8. The highest BCUT2D eigenvalue weighted by Crippen LogP contribution is 2.27. The van der Waals surface area contributed by atoms with E-state index in [0.717, 1.165) is 30.0 Å². The van der Waals surface area contributed by atoms with Gasteiger partial charge in [0.1, 0.15) is 5.82 Å². The molecule has 1 N–H and O–H groups in total. The molecule has 2 amide bonds. The fourth-order valence-electron chi connectivity index (χ4n) is 2.92. The van der Waals surface area contributed by atoms with Gasteiger partial charge in [-0.25, -0.2) is 12.8 Å². The highest BCUT2D eigenvalue weighted by Gasteiger charge is 2.35. The lowest BCUT2D eigenvalue weighted by Crippen LogP contribution is -2.28. The summed E-state index contributed by atoms with van der Waals surface area (Å²) in [5.41, 5.74) is 1.54. The first-order chi connectivity index (χ1) is 12.6. The van der Waals surface area contributed by atoms with Crippen molar-refractivity contribution < 1.29 is 22.4 Å². The van der Waals surface area contributed by atoms with Gasteiger partial charge < -0.3 is 10.2 Å². The number of amides is 2. The van der Waals surface area contributed by atoms with Crippen LogP contribution in [0.25, 0.3) is 0 Å². The number of nitrogens with one attached hydrogen (secondary N) is 1. The molecular formula is C19H19FN2O4S. The summed E-state index contributed by atoms with van der Waals surface area (Å²) in [6.07, 6.45) is 1.01. The molecule has 1 heterocycles. The first kappa shape index (κ1) is 19.0. The van der Waals surface area contributed by atoms with Gasteiger partial charge in [-0.05, 0) is 37.3 Å². The summed E-state index contributed by atoms with van der Waals surface area (Å²) in [4.78, 5) is 26.2. The van der Waals surface area contributed by atoms with Crippen LogP contribution in [0.3, 0.4) is 0 Å². The standard InChI is InChI=1S/C19H19FN2O4S/c1-12-3-5-14(6-4-12)22-11-13(9-18(22)23)19(24)21-17-10-15(27(2,25)26)7-8-16(17)20/h3-8,10,13H,9,11H2,1-2H3,(H,21,24). The topological polar surface area (TPSA) is 83.6 Å². The number of hydrogen-bond acceptors (Lipinski definition) is 4. The van der Waals surface area contributed by atoms with Crippen molar-refractivity contribution in [1.82, 2.24) is 0 Å². The van der Waals surface area contributed by atoms with Gasteiger partial charge in [0.15, 0.2) is 9.84 Å². The van der Waals surface area contributed by atoms with Crippen molar-refractivity contribution >= 4 is 33.0 Å². The summed E-state index contributed by atoms with van der Waals surface area (Å²) in [7, 11) is -3.53. The summed E-state index contributed by atoms with van der Waals surface area (Å²) >= 11 is 0. The van der Waals surface area contributed by atoms with Crippen LogP contribution in [-0.2, 0) is 19.4 Å². The Bertz CT molecular complexity index is 1000. The van der Waals surface area contributed by atoms with Crippen molar-refractivity contribution in [2.24, 2.45) is 5.92 Å². The molecular weight excluding hydrogens is 371 g/mol. The maximum atomic E-state index is 14.0. The summed E-state index contributed by atoms with van der Waals surface area (Å²) in [5, 5.41) is 2.41. The molecule has 0 aliphatic carbocycles. The van der Waals surface area contributed by atoms with Crippen LogP contribution in [0.2, 0.25) is 0 Å². The minimum atomic E-state index is -3.53. The van der Waals surface area contributed by atoms with E-state index < -0.39 is 27.5 Å². The van der Waals surface area contributed by atoms with Crippen molar-refractivity contribution in [3.05, 3.63) is 53.8 Å². The van der Waals surface area contributed by atoms with Crippen LogP contribution in [0, 0.1) is 18.7 Å². The Morgan fingerprint density at radius 1 is 1.19 bits per heavy atom. The van der Waals surface area contributed by atoms with Crippen molar-refractivity contribution in [1.29, 1.82) is 0 Å². The first-order valence-corrected chi connectivity index (χ1v) is 10.2. The van der Waals surface area contributed by atoms with Gasteiger partial charge in [0.2, 0.25) is 11.8 Å². The van der Waals surface area contributed by atoms with Gasteiger partial charge in [-0.2, -0.15) is 0 Å². The molecule has 1 unspecified atom stereocenters. The second-order valence-electron chi connectivity index (χ2n) is 6.64. The van der Waals surface area contributed by atoms with Gasteiger partial charge in [-0.1, -0.05) is 17.7 Å². The Balaban J connectivity index is 1.76. The maximum Gasteiger partial charge on any atom is 0.229 e. The number of benzene rings is 2. The fourth-order valence-corrected chi connectivity index (χ4v) is 3.57. The molecule has 1 aliphatic heterocycles. The zero-order valence-electron chi connectivity index (χ0n) is 14.9. The Morgan fingerprint density at radius 3 is 2.48 bits per heavy atom. The van der Waals surface area contributed by atoms with E-state index in [9.17, 15) is 22.4 Å². The third-order valence-corrected chi connectivity index (χ3v) is 5.58. The largest absolute Gasteiger partial charge is 0.323 e. The molecule has 0 radical (unpaired) electrons. The monoisotopic (exact) mass is 390 g/mol. The van der Waals surface area contributed by atoms with E-state index in [1.54, 1.807) is 0 Å². The lowest BCUT2D eigenvalue weighted by atomic mass is 10.1. The van der Waals surface area contributed by atoms with Crippen molar-refractivity contribution in [2.75, 3.05) is 23.0 Å². The van der Waals surface area contributed by atoms with Gasteiger partial charge in [0, 0.05) is 24.9 Å². The SMILES string of the molecule is Cc1ccc(N2CC(C(=O)Nc3cc(S(C)(=O)=O)ccc3F)CC2=O)cc1. The summed E-state index contributed by atoms with van der Waals surface area (Å²) in [5.74, 6) is -2.11. The van der Waals surface area contributed by atoms with E-state index in [0.29, 0.717) is 5.69 Å². The number of carbonyl (C=O) groups is 2. The molecule has 1 atom stereocenters. The normalized spacial score (nSPS) is 17.2. The van der Waals surface area contributed by atoms with Crippen LogP contribution in [0.15, 0.2) is 47.4 Å². The Hall–Kier alpha value is -2.74. The minimum Gasteiger partial charge on any atom is -0.323 e. The first-order valence-electron chi connectivity index (χ1n) is 8.32. The molecule has 1 fully saturated rings. The number of hydrogen-bond donors (Lipinski definition) is 1. The summed E-state index contributed by atoms with van der Waals surface area (Å²) in [6.45, 7) is 2.12. The van der Waals surface area contributed by atoms with Crippen molar-refractivity contribution in [2.45, 2.75) is 18.2 Å². The van der Waals surface area contributed by atoms with Crippen LogP contribution >= 0.6 is 0 Å². The van der Waals surface area contributed by atoms with E-state index >= 15 is 0 Å². The Kier molecular flexibility index (Phi) is 5.01. The number of carbonyl (C=O) groups excluding carboxylic acids is 2. The Labute approximate surface area is 156 Å². The molecule has 27 heavy (non-hydrogen) atoms. The average Bonchev–Trinajstić information content (AvgIpc) is 2.98. The molecule has 2 aromatic carbocycles. The smallest absolute Gasteiger partial charge is 0.229 e. The zero-order valence-corrected chi connectivity index (χ0v) is 15.7. The number of nitrogens with zero attached hydrogens (tertiary/aromatic N) is 1. The van der Waals surface area contributed by atoms with Crippen LogP contribution in [0.4, 0.5) is 15.8 Å². The van der Waals surface area contributed by atoms with Gasteiger partial charge in [0.25, 0.3) is 0 Å². The van der Waals surface area contributed by atoms with Crippen LogP contribution < -0.4 is 10.2 Å². The predicted molar refractivity (Wildman–Crippen MR) is 99.8 cm³/mol. The molecule has 0 aromatic heterocycles. The predicted octanol–water partition coefficient (Wildman–Crippen LogP) is 2.53. The molecule has 3 rings (SSSR count). The molecule has 2 aromatic rings. The van der Waals surface area contributed by atoms with Gasteiger partial charge in [-0.15, -0.1) is 0 Å². The highest BCUT2D eigenvalue weighted by atomic mass is 32.2. The molecule has 0 spiro atoms. The third kappa shape index (κ3) is 4.16. The third-order valence-electron chi connectivity index (χ3n) is 4.47. The van der Waals surface area contributed by atoms with Gasteiger partial charge in [-0.3, -0.25) is 9.59 Å². The molecule has 8 heteroatoms. The molecule has 0 saturated carbocycles. The van der Waals surface area contributed by atoms with Crippen molar-refractivity contribution in [3.63, 3.8) is 0 Å². The van der Waals surface area contributed by atoms with E-state index in [4.69, 9.17) is 0 Å². The number of aryl methyl sites for hydroxylation is 1. The lowest BCUT2D eigenvalue weighted by molar-refractivity contribution is -0.122. The van der Waals surface area contributed by atoms with E-state index in [1.165, 1.54) is 4.90 Å².